The summed E-state index contributed by atoms with van der Waals surface area (Å²) in [5, 5.41) is 20.1. The van der Waals surface area contributed by atoms with Crippen LogP contribution in [0.2, 0.25) is 5.02 Å². The number of ether oxygens (including phenoxy) is 1. The molecule has 1 aromatic carbocycles. The lowest BCUT2D eigenvalue weighted by atomic mass is 10.1. The number of anilines is 1. The van der Waals surface area contributed by atoms with Gasteiger partial charge in [-0.2, -0.15) is 0 Å². The summed E-state index contributed by atoms with van der Waals surface area (Å²) in [4.78, 5) is 23.3. The molecule has 0 unspecified atom stereocenters. The Labute approximate surface area is 119 Å². The minimum Gasteiger partial charge on any atom is -0.478 e. The Hall–Kier alpha value is -1.86. The number of carbonyl (C=O) groups is 1. The maximum absolute atomic E-state index is 11.3. The molecule has 0 aromatic heterocycles. The van der Waals surface area contributed by atoms with Gasteiger partial charge in [-0.05, 0) is 6.42 Å². The zero-order valence-electron chi connectivity index (χ0n) is 10.5. The summed E-state index contributed by atoms with van der Waals surface area (Å²) in [5.41, 5.74) is -0.177. The van der Waals surface area contributed by atoms with Gasteiger partial charge < -0.3 is 14.7 Å². The van der Waals surface area contributed by atoms with Gasteiger partial charge in [-0.15, -0.1) is 0 Å². The minimum atomic E-state index is -1.24. The molecule has 0 spiro atoms. The molecule has 1 heterocycles. The van der Waals surface area contributed by atoms with Gasteiger partial charge in [0.25, 0.3) is 5.69 Å². The van der Waals surface area contributed by atoms with Crippen molar-refractivity contribution in [3.63, 3.8) is 0 Å². The highest BCUT2D eigenvalue weighted by Gasteiger charge is 2.24. The number of non-ortho nitro benzene ring substituents is 1. The van der Waals surface area contributed by atoms with Gasteiger partial charge in [0.05, 0.1) is 27.8 Å². The van der Waals surface area contributed by atoms with Crippen molar-refractivity contribution < 1.29 is 19.6 Å². The van der Waals surface area contributed by atoms with Crippen LogP contribution in [0.1, 0.15) is 16.8 Å². The molecule has 0 radical (unpaired) electrons. The maximum atomic E-state index is 11.3. The van der Waals surface area contributed by atoms with Gasteiger partial charge in [0.1, 0.15) is 0 Å². The summed E-state index contributed by atoms with van der Waals surface area (Å²) in [6.07, 6.45) is 0.742. The number of carboxylic acid groups (broad SMARTS) is 1. The van der Waals surface area contributed by atoms with Crippen molar-refractivity contribution in [2.45, 2.75) is 6.42 Å². The predicted molar refractivity (Wildman–Crippen MR) is 72.7 cm³/mol. The molecule has 7 nitrogen and oxygen atoms in total. The third kappa shape index (κ3) is 3.00. The van der Waals surface area contributed by atoms with Gasteiger partial charge in [-0.1, -0.05) is 11.6 Å². The Morgan fingerprint density at radius 1 is 1.40 bits per heavy atom. The quantitative estimate of drug-likeness (QED) is 0.679. The first-order chi connectivity index (χ1) is 9.50. The number of nitro groups is 1. The molecule has 0 saturated carbocycles. The van der Waals surface area contributed by atoms with Gasteiger partial charge >= 0.3 is 5.97 Å². The number of nitro benzene ring substituents is 1. The van der Waals surface area contributed by atoms with Crippen LogP contribution in [0.5, 0.6) is 0 Å². The Morgan fingerprint density at radius 2 is 2.15 bits per heavy atom. The second-order valence-electron chi connectivity index (χ2n) is 4.34. The molecule has 20 heavy (non-hydrogen) atoms. The van der Waals surface area contributed by atoms with Crippen LogP contribution in [-0.4, -0.2) is 42.3 Å². The van der Waals surface area contributed by atoms with Crippen molar-refractivity contribution in [2.24, 2.45) is 0 Å². The number of hydrogen-bond acceptors (Lipinski definition) is 5. The number of benzene rings is 1. The second-order valence-corrected chi connectivity index (χ2v) is 4.75. The molecule has 1 aliphatic heterocycles. The van der Waals surface area contributed by atoms with E-state index in [9.17, 15) is 20.0 Å². The topological polar surface area (TPSA) is 92.9 Å². The van der Waals surface area contributed by atoms with Crippen LogP contribution >= 0.6 is 11.6 Å². The summed E-state index contributed by atoms with van der Waals surface area (Å²) in [6, 6.07) is 2.21. The first kappa shape index (κ1) is 14.5. The number of hydrogen-bond donors (Lipinski definition) is 1. The van der Waals surface area contributed by atoms with Crippen LogP contribution in [-0.2, 0) is 4.74 Å². The normalized spacial score (nSPS) is 15.8. The van der Waals surface area contributed by atoms with Crippen molar-refractivity contribution >= 4 is 28.9 Å². The third-order valence-corrected chi connectivity index (χ3v) is 3.32. The highest BCUT2D eigenvalue weighted by atomic mass is 35.5. The van der Waals surface area contributed by atoms with Crippen molar-refractivity contribution in [2.75, 3.05) is 31.2 Å². The first-order valence-corrected chi connectivity index (χ1v) is 6.42. The Balaban J connectivity index is 2.49. The summed E-state index contributed by atoms with van der Waals surface area (Å²) >= 11 is 6.06. The molecule has 0 atom stereocenters. The summed E-state index contributed by atoms with van der Waals surface area (Å²) in [7, 11) is 0. The van der Waals surface area contributed by atoms with E-state index in [1.165, 1.54) is 6.07 Å². The van der Waals surface area contributed by atoms with E-state index in [0.29, 0.717) is 32.0 Å². The van der Waals surface area contributed by atoms with E-state index in [-0.39, 0.29) is 16.3 Å². The molecular weight excluding hydrogens is 288 g/mol. The molecule has 1 aromatic rings. The molecule has 0 aliphatic carbocycles. The number of carboxylic acids is 1. The molecular formula is C12H13ClN2O5. The predicted octanol–water partition coefficient (Wildman–Crippen LogP) is 2.17. The van der Waals surface area contributed by atoms with Crippen LogP contribution < -0.4 is 4.90 Å². The van der Waals surface area contributed by atoms with E-state index in [1.807, 2.05) is 0 Å². The van der Waals surface area contributed by atoms with Crippen LogP contribution in [0.3, 0.4) is 0 Å². The van der Waals surface area contributed by atoms with Crippen molar-refractivity contribution in [1.29, 1.82) is 0 Å². The van der Waals surface area contributed by atoms with Gasteiger partial charge in [0.15, 0.2) is 0 Å². The maximum Gasteiger partial charge on any atom is 0.338 e. The molecule has 0 amide bonds. The fourth-order valence-corrected chi connectivity index (χ4v) is 2.48. The summed E-state index contributed by atoms with van der Waals surface area (Å²) < 4.78 is 5.31. The van der Waals surface area contributed by atoms with E-state index in [1.54, 1.807) is 4.90 Å². The van der Waals surface area contributed by atoms with Gasteiger partial charge in [-0.3, -0.25) is 10.1 Å². The fourth-order valence-electron chi connectivity index (χ4n) is 2.14. The van der Waals surface area contributed by atoms with Gasteiger partial charge in [0, 0.05) is 31.8 Å². The number of halogens is 1. The van der Waals surface area contributed by atoms with Crippen molar-refractivity contribution in [3.05, 3.63) is 32.8 Å². The van der Waals surface area contributed by atoms with Crippen LogP contribution in [0.4, 0.5) is 11.4 Å². The third-order valence-electron chi connectivity index (χ3n) is 3.03. The van der Waals surface area contributed by atoms with E-state index in [4.69, 9.17) is 16.3 Å². The first-order valence-electron chi connectivity index (χ1n) is 6.04. The molecule has 8 heteroatoms. The van der Waals surface area contributed by atoms with Crippen molar-refractivity contribution in [3.8, 4) is 0 Å². The average molecular weight is 301 g/mol. The highest BCUT2D eigenvalue weighted by molar-refractivity contribution is 6.34. The Morgan fingerprint density at radius 3 is 2.80 bits per heavy atom. The molecule has 1 aliphatic rings. The lowest BCUT2D eigenvalue weighted by Crippen LogP contribution is -2.28. The van der Waals surface area contributed by atoms with E-state index in [0.717, 1.165) is 12.5 Å². The standard InChI is InChI=1S/C12H13ClN2O5/c13-10-7-8(15(18)19)6-9(12(16)17)11(10)14-2-1-4-20-5-3-14/h6-7H,1-5H2,(H,16,17). The highest BCUT2D eigenvalue weighted by Crippen LogP contribution is 2.34. The average Bonchev–Trinajstić information content (AvgIpc) is 2.66. The number of nitrogens with zero attached hydrogens (tertiary/aromatic N) is 2. The zero-order chi connectivity index (χ0) is 14.7. The van der Waals surface area contributed by atoms with E-state index < -0.39 is 10.9 Å². The van der Waals surface area contributed by atoms with Crippen LogP contribution in [0, 0.1) is 10.1 Å². The largest absolute Gasteiger partial charge is 0.478 e. The summed E-state index contributed by atoms with van der Waals surface area (Å²) in [6.45, 7) is 2.16. The van der Waals surface area contributed by atoms with Crippen molar-refractivity contribution in [1.82, 2.24) is 0 Å². The zero-order valence-corrected chi connectivity index (χ0v) is 11.3. The van der Waals surface area contributed by atoms with Gasteiger partial charge in [-0.25, -0.2) is 4.79 Å². The van der Waals surface area contributed by atoms with Crippen LogP contribution in [0.15, 0.2) is 12.1 Å². The number of rotatable bonds is 3. The fraction of sp³-hybridized carbons (Fsp3) is 0.417. The minimum absolute atomic E-state index is 0.0681. The Kier molecular flexibility index (Phi) is 4.41. The molecule has 1 N–H and O–H groups in total. The molecule has 0 bridgehead atoms. The number of aromatic carboxylic acids is 1. The van der Waals surface area contributed by atoms with Crippen LogP contribution in [0.25, 0.3) is 0 Å². The second kappa shape index (κ2) is 6.06. The SMILES string of the molecule is O=C(O)c1cc([N+](=O)[O-])cc(Cl)c1N1CCCOCC1. The molecule has 1 saturated heterocycles. The van der Waals surface area contributed by atoms with E-state index >= 15 is 0 Å². The summed E-state index contributed by atoms with van der Waals surface area (Å²) in [5.74, 6) is -1.24. The smallest absolute Gasteiger partial charge is 0.338 e. The van der Waals surface area contributed by atoms with E-state index in [2.05, 4.69) is 0 Å². The molecule has 2 rings (SSSR count). The monoisotopic (exact) mass is 300 g/mol. The molecule has 1 fully saturated rings. The lowest BCUT2D eigenvalue weighted by Gasteiger charge is -2.24. The van der Waals surface area contributed by atoms with Gasteiger partial charge in [0.2, 0.25) is 0 Å². The lowest BCUT2D eigenvalue weighted by molar-refractivity contribution is -0.384. The molecule has 108 valence electrons. The Bertz CT molecular complexity index is 541.